The Morgan fingerprint density at radius 2 is 1.85 bits per heavy atom. The van der Waals surface area contributed by atoms with E-state index in [0.29, 0.717) is 23.2 Å². The quantitative estimate of drug-likeness (QED) is 0.230. The molecule has 0 radical (unpaired) electrons. The Balaban J connectivity index is 1.36. The Morgan fingerprint density at radius 3 is 2.54 bits per heavy atom. The first-order valence-electron chi connectivity index (χ1n) is 17.1. The fraction of sp³-hybridized carbons (Fsp3) is 0.711. The summed E-state index contributed by atoms with van der Waals surface area (Å²) in [5, 5.41) is 0. The summed E-state index contributed by atoms with van der Waals surface area (Å²) < 4.78 is 0. The van der Waals surface area contributed by atoms with Gasteiger partial charge in [0.2, 0.25) is 0 Å². The SMILES string of the molecule is C=CCCCC1CCC(C2(N)C=C3CCC4(CCCC4)CC3CC2)C1(C)CC(C)c1ccc(C(=O)N(C)CC)cc1. The topological polar surface area (TPSA) is 46.3 Å². The molecule has 0 aromatic heterocycles. The molecule has 0 heterocycles. The zero-order chi connectivity index (χ0) is 29.3. The molecular formula is C38H58N2O. The summed E-state index contributed by atoms with van der Waals surface area (Å²) in [7, 11) is 1.87. The average Bonchev–Trinajstić information content (AvgIpc) is 3.56. The highest BCUT2D eigenvalue weighted by atomic mass is 16.2. The number of fused-ring (bicyclic) bond motifs is 1. The van der Waals surface area contributed by atoms with Crippen LogP contribution in [0.25, 0.3) is 0 Å². The van der Waals surface area contributed by atoms with Crippen LogP contribution < -0.4 is 5.73 Å². The summed E-state index contributed by atoms with van der Waals surface area (Å²) in [6.07, 6.45) is 24.5. The summed E-state index contributed by atoms with van der Waals surface area (Å²) in [4.78, 5) is 14.5. The second-order valence-corrected chi connectivity index (χ2v) is 15.1. The smallest absolute Gasteiger partial charge is 0.253 e. The van der Waals surface area contributed by atoms with Crippen molar-refractivity contribution in [2.45, 2.75) is 129 Å². The van der Waals surface area contributed by atoms with Crippen LogP contribution >= 0.6 is 0 Å². The number of benzene rings is 1. The number of carbonyl (C=O) groups is 1. The standard InChI is InChI=1S/C38H58N2O/c1-6-8-9-12-33-17-18-34(38(39)24-20-31-26-37(21-10-11-22-37)23-19-32(31)27-38)36(33,4)25-28(3)29-13-15-30(16-14-29)35(41)40(5)7-2/h6,13-16,27-28,31,33-34H,1,7-12,17-26,39H2,2-5H3. The molecule has 0 aliphatic heterocycles. The van der Waals surface area contributed by atoms with Crippen LogP contribution in [0.3, 0.4) is 0 Å². The molecule has 4 aliphatic rings. The maximum Gasteiger partial charge on any atom is 0.253 e. The minimum absolute atomic E-state index is 0.104. The van der Waals surface area contributed by atoms with Crippen molar-refractivity contribution in [2.75, 3.05) is 13.6 Å². The van der Waals surface area contributed by atoms with Gasteiger partial charge in [-0.2, -0.15) is 0 Å². The Kier molecular flexibility index (Phi) is 9.24. The molecule has 6 atom stereocenters. The highest BCUT2D eigenvalue weighted by Crippen LogP contribution is 2.61. The van der Waals surface area contributed by atoms with E-state index in [9.17, 15) is 4.79 Å². The van der Waals surface area contributed by atoms with E-state index in [4.69, 9.17) is 5.73 Å². The third-order valence-corrected chi connectivity index (χ3v) is 12.6. The lowest BCUT2D eigenvalue weighted by Crippen LogP contribution is -2.53. The van der Waals surface area contributed by atoms with Crippen molar-refractivity contribution < 1.29 is 4.79 Å². The van der Waals surface area contributed by atoms with Gasteiger partial charge in [0.15, 0.2) is 0 Å². The molecule has 41 heavy (non-hydrogen) atoms. The van der Waals surface area contributed by atoms with Crippen LogP contribution in [-0.2, 0) is 0 Å². The lowest BCUT2D eigenvalue weighted by Gasteiger charge is -2.51. The van der Waals surface area contributed by atoms with Gasteiger partial charge in [0.25, 0.3) is 5.91 Å². The molecule has 3 nitrogen and oxygen atoms in total. The predicted molar refractivity (Wildman–Crippen MR) is 173 cm³/mol. The van der Waals surface area contributed by atoms with Crippen molar-refractivity contribution >= 4 is 5.91 Å². The molecule has 4 aliphatic carbocycles. The molecule has 1 spiro atoms. The van der Waals surface area contributed by atoms with E-state index in [0.717, 1.165) is 37.3 Å². The van der Waals surface area contributed by atoms with Gasteiger partial charge in [0.1, 0.15) is 0 Å². The minimum Gasteiger partial charge on any atom is -0.342 e. The van der Waals surface area contributed by atoms with Crippen molar-refractivity contribution in [3.05, 3.63) is 59.7 Å². The number of rotatable bonds is 10. The molecule has 1 aromatic carbocycles. The Morgan fingerprint density at radius 1 is 1.12 bits per heavy atom. The van der Waals surface area contributed by atoms with Crippen LogP contribution in [0.15, 0.2) is 48.6 Å². The largest absolute Gasteiger partial charge is 0.342 e. The monoisotopic (exact) mass is 558 g/mol. The fourth-order valence-corrected chi connectivity index (χ4v) is 10.1. The molecule has 3 fully saturated rings. The van der Waals surface area contributed by atoms with Gasteiger partial charge in [-0.1, -0.05) is 56.5 Å². The van der Waals surface area contributed by atoms with Crippen LogP contribution in [0, 0.1) is 28.6 Å². The molecule has 0 saturated heterocycles. The van der Waals surface area contributed by atoms with Gasteiger partial charge in [-0.05, 0) is 143 Å². The maximum atomic E-state index is 12.7. The summed E-state index contributed by atoms with van der Waals surface area (Å²) in [5.74, 6) is 2.56. The van der Waals surface area contributed by atoms with Gasteiger partial charge in [0, 0.05) is 24.7 Å². The second kappa shape index (κ2) is 12.4. The number of nitrogens with two attached hydrogens (primary N) is 1. The Hall–Kier alpha value is -1.87. The third-order valence-electron chi connectivity index (χ3n) is 12.6. The first-order chi connectivity index (χ1) is 19.6. The molecule has 2 N–H and O–H groups in total. The zero-order valence-corrected chi connectivity index (χ0v) is 26.7. The van der Waals surface area contributed by atoms with Gasteiger partial charge in [-0.15, -0.1) is 6.58 Å². The van der Waals surface area contributed by atoms with E-state index in [2.05, 4.69) is 44.7 Å². The van der Waals surface area contributed by atoms with Gasteiger partial charge in [0.05, 0.1) is 0 Å². The van der Waals surface area contributed by atoms with Crippen LogP contribution in [0.4, 0.5) is 0 Å². The van der Waals surface area contributed by atoms with E-state index in [1.54, 1.807) is 10.5 Å². The van der Waals surface area contributed by atoms with Gasteiger partial charge < -0.3 is 10.6 Å². The number of nitrogens with zero attached hydrogens (tertiary/aromatic N) is 1. The number of hydrogen-bond donors (Lipinski definition) is 1. The molecule has 1 aromatic rings. The fourth-order valence-electron chi connectivity index (χ4n) is 10.1. The van der Waals surface area contributed by atoms with Gasteiger partial charge >= 0.3 is 0 Å². The lowest BCUT2D eigenvalue weighted by molar-refractivity contribution is 0.0688. The first kappa shape index (κ1) is 30.6. The summed E-state index contributed by atoms with van der Waals surface area (Å²) in [5.41, 5.74) is 12.1. The minimum atomic E-state index is -0.172. The molecule has 5 rings (SSSR count). The number of unbranched alkanes of at least 4 members (excludes halogenated alkanes) is 1. The number of allylic oxidation sites excluding steroid dienone is 2. The summed E-state index contributed by atoms with van der Waals surface area (Å²) >= 11 is 0. The van der Waals surface area contributed by atoms with Crippen molar-refractivity contribution in [2.24, 2.45) is 34.3 Å². The molecule has 3 heteroatoms. The predicted octanol–water partition coefficient (Wildman–Crippen LogP) is 9.44. The second-order valence-electron chi connectivity index (χ2n) is 15.1. The highest BCUT2D eigenvalue weighted by Gasteiger charge is 2.55. The van der Waals surface area contributed by atoms with E-state index >= 15 is 0 Å². The molecule has 226 valence electrons. The van der Waals surface area contributed by atoms with Crippen LogP contribution in [0.5, 0.6) is 0 Å². The van der Waals surface area contributed by atoms with E-state index in [1.165, 1.54) is 82.6 Å². The van der Waals surface area contributed by atoms with Crippen molar-refractivity contribution in [3.8, 4) is 0 Å². The molecular weight excluding hydrogens is 500 g/mol. The third kappa shape index (κ3) is 6.13. The van der Waals surface area contributed by atoms with Crippen LogP contribution in [0.2, 0.25) is 0 Å². The van der Waals surface area contributed by atoms with Crippen molar-refractivity contribution in [1.82, 2.24) is 4.90 Å². The molecule has 1 amide bonds. The number of amides is 1. The summed E-state index contributed by atoms with van der Waals surface area (Å²) in [6.45, 7) is 11.7. The van der Waals surface area contributed by atoms with Crippen molar-refractivity contribution in [3.63, 3.8) is 0 Å². The zero-order valence-electron chi connectivity index (χ0n) is 26.7. The van der Waals surface area contributed by atoms with E-state index < -0.39 is 0 Å². The van der Waals surface area contributed by atoms with Crippen LogP contribution in [0.1, 0.15) is 139 Å². The van der Waals surface area contributed by atoms with E-state index in [-0.39, 0.29) is 16.9 Å². The Labute approximate surface area is 251 Å². The number of hydrogen-bond acceptors (Lipinski definition) is 2. The lowest BCUT2D eigenvalue weighted by atomic mass is 9.56. The van der Waals surface area contributed by atoms with Crippen LogP contribution in [-0.4, -0.2) is 29.9 Å². The molecule has 3 saturated carbocycles. The molecule has 6 unspecified atom stereocenters. The Bertz CT molecular complexity index is 1100. The number of carbonyl (C=O) groups excluding carboxylic acids is 1. The normalized spacial score (nSPS) is 33.3. The van der Waals surface area contributed by atoms with Crippen molar-refractivity contribution in [1.29, 1.82) is 0 Å². The van der Waals surface area contributed by atoms with Gasteiger partial charge in [-0.25, -0.2) is 0 Å². The molecule has 0 bridgehead atoms. The summed E-state index contributed by atoms with van der Waals surface area (Å²) in [6, 6.07) is 8.47. The first-order valence-corrected chi connectivity index (χ1v) is 17.1. The highest BCUT2D eigenvalue weighted by molar-refractivity contribution is 5.94. The maximum absolute atomic E-state index is 12.7. The average molecular weight is 559 g/mol. The van der Waals surface area contributed by atoms with Gasteiger partial charge in [-0.3, -0.25) is 4.79 Å². The van der Waals surface area contributed by atoms with E-state index in [1.807, 2.05) is 26.1 Å².